The minimum atomic E-state index is 0.697. The number of fused-ring (bicyclic) bond motifs is 4. The fourth-order valence-electron chi connectivity index (χ4n) is 3.86. The van der Waals surface area contributed by atoms with Gasteiger partial charge < -0.3 is 9.47 Å². The first-order valence-corrected chi connectivity index (χ1v) is 9.44. The lowest BCUT2D eigenvalue weighted by Gasteiger charge is -2.38. The molecule has 0 saturated carbocycles. The average Bonchev–Trinajstić information content (AvgIpc) is 2.73. The quantitative estimate of drug-likeness (QED) is 0.290. The highest BCUT2D eigenvalue weighted by molar-refractivity contribution is 6.30. The summed E-state index contributed by atoms with van der Waals surface area (Å²) in [6.45, 7) is 0. The first kappa shape index (κ1) is 15.6. The molecule has 0 aromatic heterocycles. The Labute approximate surface area is 167 Å². The van der Waals surface area contributed by atoms with Crippen LogP contribution in [-0.4, -0.2) is 0 Å². The molecule has 3 nitrogen and oxygen atoms in total. The van der Waals surface area contributed by atoms with E-state index in [0.29, 0.717) is 5.02 Å². The number of hydrogen-bond donors (Lipinski definition) is 0. The molecule has 134 valence electrons. The van der Waals surface area contributed by atoms with Crippen LogP contribution in [0, 0.1) is 0 Å². The first-order chi connectivity index (χ1) is 13.8. The Morgan fingerprint density at radius 1 is 0.571 bits per heavy atom. The van der Waals surface area contributed by atoms with Crippen molar-refractivity contribution in [2.75, 3.05) is 4.90 Å². The zero-order chi connectivity index (χ0) is 18.7. The highest BCUT2D eigenvalue weighted by Crippen LogP contribution is 2.60. The largest absolute Gasteiger partial charge is 0.453 e. The van der Waals surface area contributed by atoms with Crippen LogP contribution in [0.2, 0.25) is 5.02 Å². The minimum absolute atomic E-state index is 0.697. The summed E-state index contributed by atoms with van der Waals surface area (Å²) in [5.41, 5.74) is 4.94. The van der Waals surface area contributed by atoms with Gasteiger partial charge >= 0.3 is 0 Å². The summed E-state index contributed by atoms with van der Waals surface area (Å²) in [5, 5.41) is 0.697. The summed E-state index contributed by atoms with van der Waals surface area (Å²) in [6.07, 6.45) is 0. The van der Waals surface area contributed by atoms with Gasteiger partial charge in [-0.15, -0.1) is 0 Å². The second-order valence-electron chi connectivity index (χ2n) is 6.81. The van der Waals surface area contributed by atoms with Gasteiger partial charge in [-0.3, -0.25) is 4.90 Å². The fourth-order valence-corrected chi connectivity index (χ4v) is 4.05. The molecule has 4 aromatic rings. The summed E-state index contributed by atoms with van der Waals surface area (Å²) in [6, 6.07) is 28.0. The highest BCUT2D eigenvalue weighted by Gasteiger charge is 2.34. The second-order valence-corrected chi connectivity index (χ2v) is 7.24. The maximum Gasteiger partial charge on any atom is 0.156 e. The third-order valence-electron chi connectivity index (χ3n) is 5.07. The molecule has 0 aliphatic carbocycles. The molecule has 2 aliphatic rings. The van der Waals surface area contributed by atoms with Crippen LogP contribution in [0.25, 0.3) is 11.1 Å². The summed E-state index contributed by atoms with van der Waals surface area (Å²) in [5.74, 6) is 3.17. The Morgan fingerprint density at radius 3 is 1.79 bits per heavy atom. The number of benzene rings is 4. The number of ether oxygens (including phenoxy) is 2. The van der Waals surface area contributed by atoms with E-state index < -0.39 is 0 Å². The van der Waals surface area contributed by atoms with E-state index >= 15 is 0 Å². The molecule has 0 saturated heterocycles. The normalized spacial score (nSPS) is 13.0. The predicted molar refractivity (Wildman–Crippen MR) is 112 cm³/mol. The van der Waals surface area contributed by atoms with E-state index in [4.69, 9.17) is 21.1 Å². The minimum Gasteiger partial charge on any atom is -0.453 e. The van der Waals surface area contributed by atoms with Gasteiger partial charge in [-0.2, -0.15) is 0 Å². The van der Waals surface area contributed by atoms with Crippen molar-refractivity contribution in [1.29, 1.82) is 0 Å². The van der Waals surface area contributed by atoms with E-state index in [1.165, 1.54) is 0 Å². The molecule has 28 heavy (non-hydrogen) atoms. The maximum atomic E-state index is 6.28. The smallest absolute Gasteiger partial charge is 0.156 e. The summed E-state index contributed by atoms with van der Waals surface area (Å²) in [7, 11) is 0. The Morgan fingerprint density at radius 2 is 1.18 bits per heavy atom. The van der Waals surface area contributed by atoms with Crippen molar-refractivity contribution in [2.24, 2.45) is 0 Å². The van der Waals surface area contributed by atoms with Crippen LogP contribution in [0.1, 0.15) is 0 Å². The Kier molecular flexibility index (Phi) is 3.22. The summed E-state index contributed by atoms with van der Waals surface area (Å²) < 4.78 is 12.6. The van der Waals surface area contributed by atoms with Gasteiger partial charge in [-0.05, 0) is 59.7 Å². The van der Waals surface area contributed by atoms with Crippen LogP contribution < -0.4 is 14.4 Å². The molecule has 0 N–H and O–H groups in total. The van der Waals surface area contributed by atoms with Crippen LogP contribution in [0.5, 0.6) is 23.0 Å². The predicted octanol–water partition coefficient (Wildman–Crippen LogP) is 7.69. The van der Waals surface area contributed by atoms with Gasteiger partial charge in [0.2, 0.25) is 0 Å². The average molecular weight is 384 g/mol. The molecule has 0 bridgehead atoms. The van der Waals surface area contributed by atoms with E-state index in [9.17, 15) is 0 Å². The molecular weight excluding hydrogens is 370 g/mol. The summed E-state index contributed by atoms with van der Waals surface area (Å²) >= 11 is 6.21. The lowest BCUT2D eigenvalue weighted by atomic mass is 10.0. The molecular formula is C24H14ClNO2. The molecule has 0 atom stereocenters. The van der Waals surface area contributed by atoms with Crippen LogP contribution >= 0.6 is 11.6 Å². The SMILES string of the molecule is Clc1cccc(-c2cc3c4c(c2)Oc2ccccc2N4c2ccccc2O3)c1. The number of nitrogens with zero attached hydrogens (tertiary/aromatic N) is 1. The number of para-hydroxylation sites is 4. The van der Waals surface area contributed by atoms with E-state index in [2.05, 4.69) is 17.0 Å². The third-order valence-corrected chi connectivity index (χ3v) is 5.31. The number of anilines is 3. The van der Waals surface area contributed by atoms with Crippen molar-refractivity contribution >= 4 is 28.7 Å². The van der Waals surface area contributed by atoms with Crippen LogP contribution in [0.15, 0.2) is 84.9 Å². The molecule has 4 aromatic carbocycles. The Hall–Kier alpha value is -3.43. The standard InChI is InChI=1S/C24H14ClNO2/c25-17-7-5-6-15(12-17)16-13-22-24-23(14-16)28-21-11-4-2-9-19(21)26(24)18-8-1-3-10-20(18)27-22/h1-14H. The fraction of sp³-hybridized carbons (Fsp3) is 0. The van der Waals surface area contributed by atoms with Crippen molar-refractivity contribution in [1.82, 2.24) is 0 Å². The Bertz CT molecular complexity index is 1180. The zero-order valence-electron chi connectivity index (χ0n) is 14.7. The number of rotatable bonds is 1. The molecule has 0 radical (unpaired) electrons. The first-order valence-electron chi connectivity index (χ1n) is 9.06. The molecule has 2 heterocycles. The van der Waals surface area contributed by atoms with Gasteiger partial charge in [0.15, 0.2) is 23.0 Å². The number of hydrogen-bond acceptors (Lipinski definition) is 3. The van der Waals surface area contributed by atoms with Crippen molar-refractivity contribution in [3.8, 4) is 34.1 Å². The molecule has 2 aliphatic heterocycles. The van der Waals surface area contributed by atoms with Crippen molar-refractivity contribution in [2.45, 2.75) is 0 Å². The molecule has 0 amide bonds. The van der Waals surface area contributed by atoms with Crippen molar-refractivity contribution in [3.63, 3.8) is 0 Å². The van der Waals surface area contributed by atoms with Gasteiger partial charge in [0.25, 0.3) is 0 Å². The van der Waals surface area contributed by atoms with Crippen LogP contribution in [-0.2, 0) is 0 Å². The molecule has 4 heteroatoms. The maximum absolute atomic E-state index is 6.28. The molecule has 0 spiro atoms. The van der Waals surface area contributed by atoms with E-state index in [1.807, 2.05) is 72.8 Å². The molecule has 6 rings (SSSR count). The topological polar surface area (TPSA) is 21.7 Å². The van der Waals surface area contributed by atoms with E-state index in [0.717, 1.165) is 51.2 Å². The monoisotopic (exact) mass is 383 g/mol. The number of halogens is 1. The highest BCUT2D eigenvalue weighted by atomic mass is 35.5. The third kappa shape index (κ3) is 2.23. The van der Waals surface area contributed by atoms with Gasteiger partial charge in [-0.25, -0.2) is 0 Å². The zero-order valence-corrected chi connectivity index (χ0v) is 15.5. The molecule has 0 fully saturated rings. The van der Waals surface area contributed by atoms with Crippen molar-refractivity contribution in [3.05, 3.63) is 90.0 Å². The van der Waals surface area contributed by atoms with Gasteiger partial charge in [-0.1, -0.05) is 48.0 Å². The lowest BCUT2D eigenvalue weighted by molar-refractivity contribution is 0.446. The van der Waals surface area contributed by atoms with E-state index in [1.54, 1.807) is 0 Å². The molecule has 0 unspecified atom stereocenters. The van der Waals surface area contributed by atoms with Gasteiger partial charge in [0.05, 0.1) is 11.4 Å². The van der Waals surface area contributed by atoms with Gasteiger partial charge in [0, 0.05) is 5.02 Å². The van der Waals surface area contributed by atoms with Crippen LogP contribution in [0.4, 0.5) is 17.1 Å². The summed E-state index contributed by atoms with van der Waals surface area (Å²) in [4.78, 5) is 2.21. The van der Waals surface area contributed by atoms with Crippen LogP contribution in [0.3, 0.4) is 0 Å². The Balaban J connectivity index is 1.63. The van der Waals surface area contributed by atoms with Gasteiger partial charge in [0.1, 0.15) is 5.69 Å². The second kappa shape index (κ2) is 5.78. The van der Waals surface area contributed by atoms with E-state index in [-0.39, 0.29) is 0 Å². The lowest BCUT2D eigenvalue weighted by Crippen LogP contribution is -2.20. The van der Waals surface area contributed by atoms with Crippen molar-refractivity contribution < 1.29 is 9.47 Å².